The number of nitrogens with two attached hydrogens (primary N) is 1. The van der Waals surface area contributed by atoms with Gasteiger partial charge in [0.1, 0.15) is 5.84 Å². The van der Waals surface area contributed by atoms with Crippen molar-refractivity contribution in [1.29, 1.82) is 5.41 Å². The topological polar surface area (TPSA) is 53.1 Å². The minimum atomic E-state index is 0.0973. The van der Waals surface area contributed by atoms with Gasteiger partial charge in [0.25, 0.3) is 0 Å². The van der Waals surface area contributed by atoms with Crippen LogP contribution in [-0.4, -0.2) is 12.9 Å². The number of nitrogens with one attached hydrogen (secondary N) is 1. The third-order valence-electron chi connectivity index (χ3n) is 3.04. The van der Waals surface area contributed by atoms with Gasteiger partial charge in [0.05, 0.1) is 0 Å². The van der Waals surface area contributed by atoms with Crippen LogP contribution < -0.4 is 10.6 Å². The molecule has 0 aliphatic heterocycles. The molecule has 3 nitrogen and oxygen atoms in total. The van der Waals surface area contributed by atoms with E-state index in [0.717, 1.165) is 11.3 Å². The fourth-order valence-corrected chi connectivity index (χ4v) is 1.94. The van der Waals surface area contributed by atoms with Crippen LogP contribution in [0.2, 0.25) is 0 Å². The molecular formula is C15H17N3. The van der Waals surface area contributed by atoms with Crippen molar-refractivity contribution in [1.82, 2.24) is 0 Å². The summed E-state index contributed by atoms with van der Waals surface area (Å²) >= 11 is 0. The molecule has 3 N–H and O–H groups in total. The van der Waals surface area contributed by atoms with Crippen LogP contribution in [0.15, 0.2) is 48.5 Å². The zero-order chi connectivity index (χ0) is 13.1. The number of rotatable bonds is 3. The molecule has 0 spiro atoms. The van der Waals surface area contributed by atoms with Gasteiger partial charge < -0.3 is 10.6 Å². The summed E-state index contributed by atoms with van der Waals surface area (Å²) in [4.78, 5) is 2.12. The molecule has 0 aliphatic carbocycles. The van der Waals surface area contributed by atoms with Gasteiger partial charge in [-0.1, -0.05) is 18.2 Å². The van der Waals surface area contributed by atoms with Gasteiger partial charge in [-0.3, -0.25) is 5.41 Å². The zero-order valence-corrected chi connectivity index (χ0v) is 10.6. The summed E-state index contributed by atoms with van der Waals surface area (Å²) in [5.74, 6) is 0.0973. The van der Waals surface area contributed by atoms with Crippen LogP contribution in [0.1, 0.15) is 11.1 Å². The Kier molecular flexibility index (Phi) is 3.33. The first-order valence-electron chi connectivity index (χ1n) is 5.83. The minimum absolute atomic E-state index is 0.0973. The lowest BCUT2D eigenvalue weighted by molar-refractivity contribution is 1.18. The molecule has 2 rings (SSSR count). The van der Waals surface area contributed by atoms with E-state index in [-0.39, 0.29) is 5.84 Å². The van der Waals surface area contributed by atoms with Crippen molar-refractivity contribution in [2.45, 2.75) is 6.92 Å². The summed E-state index contributed by atoms with van der Waals surface area (Å²) in [6, 6.07) is 15.9. The molecule has 0 bridgehead atoms. The number of hydrogen-bond donors (Lipinski definition) is 2. The van der Waals surface area contributed by atoms with Crippen molar-refractivity contribution in [2.75, 3.05) is 11.9 Å². The van der Waals surface area contributed by atoms with Crippen molar-refractivity contribution < 1.29 is 0 Å². The monoisotopic (exact) mass is 239 g/mol. The summed E-state index contributed by atoms with van der Waals surface area (Å²) < 4.78 is 0. The lowest BCUT2D eigenvalue weighted by Crippen LogP contribution is -2.13. The van der Waals surface area contributed by atoms with E-state index < -0.39 is 0 Å². The number of nitrogens with zero attached hydrogens (tertiary/aromatic N) is 1. The maximum Gasteiger partial charge on any atom is 0.122 e. The van der Waals surface area contributed by atoms with Crippen LogP contribution in [0.5, 0.6) is 0 Å². The maximum atomic E-state index is 7.38. The van der Waals surface area contributed by atoms with Gasteiger partial charge in [0, 0.05) is 24.0 Å². The highest BCUT2D eigenvalue weighted by atomic mass is 15.1. The molecule has 0 saturated carbocycles. The predicted molar refractivity (Wildman–Crippen MR) is 76.7 cm³/mol. The number of nitrogen functional groups attached to an aromatic ring is 1. The maximum absolute atomic E-state index is 7.38. The molecular weight excluding hydrogens is 222 g/mol. The van der Waals surface area contributed by atoms with Crippen LogP contribution >= 0.6 is 0 Å². The Morgan fingerprint density at radius 2 is 1.67 bits per heavy atom. The number of benzene rings is 2. The van der Waals surface area contributed by atoms with Crippen LogP contribution in [0, 0.1) is 12.3 Å². The number of hydrogen-bond acceptors (Lipinski definition) is 2. The normalized spacial score (nSPS) is 10.1. The molecule has 0 radical (unpaired) electrons. The van der Waals surface area contributed by atoms with Crippen LogP contribution in [-0.2, 0) is 0 Å². The van der Waals surface area contributed by atoms with E-state index in [0.29, 0.717) is 0 Å². The Hall–Kier alpha value is -2.29. The van der Waals surface area contributed by atoms with Crippen molar-refractivity contribution in [2.24, 2.45) is 5.73 Å². The van der Waals surface area contributed by atoms with Gasteiger partial charge in [-0.15, -0.1) is 0 Å². The van der Waals surface area contributed by atoms with E-state index in [2.05, 4.69) is 24.0 Å². The second-order valence-corrected chi connectivity index (χ2v) is 4.31. The Labute approximate surface area is 107 Å². The summed E-state index contributed by atoms with van der Waals surface area (Å²) in [7, 11) is 2.03. The molecule has 2 aromatic carbocycles. The largest absolute Gasteiger partial charge is 0.384 e. The summed E-state index contributed by atoms with van der Waals surface area (Å²) in [5.41, 5.74) is 9.68. The molecule has 0 fully saturated rings. The predicted octanol–water partition coefficient (Wildman–Crippen LogP) is 3.05. The Morgan fingerprint density at radius 1 is 1.06 bits per heavy atom. The first-order valence-corrected chi connectivity index (χ1v) is 5.83. The molecule has 0 amide bonds. The van der Waals surface area contributed by atoms with Gasteiger partial charge in [-0.2, -0.15) is 0 Å². The fourth-order valence-electron chi connectivity index (χ4n) is 1.94. The Morgan fingerprint density at radius 3 is 2.22 bits per heavy atom. The third-order valence-corrected chi connectivity index (χ3v) is 3.04. The molecule has 18 heavy (non-hydrogen) atoms. The molecule has 0 atom stereocenters. The number of aryl methyl sites for hydroxylation is 1. The van der Waals surface area contributed by atoms with Crippen molar-refractivity contribution in [3.05, 3.63) is 59.7 Å². The molecule has 0 aromatic heterocycles. The quantitative estimate of drug-likeness (QED) is 0.639. The van der Waals surface area contributed by atoms with Gasteiger partial charge in [-0.25, -0.2) is 0 Å². The zero-order valence-electron chi connectivity index (χ0n) is 10.6. The second-order valence-electron chi connectivity index (χ2n) is 4.31. The lowest BCUT2D eigenvalue weighted by atomic mass is 10.1. The lowest BCUT2D eigenvalue weighted by Gasteiger charge is -2.21. The standard InChI is InChI=1S/C15H17N3/c1-11-5-3-4-6-14(11)18(2)13-9-7-12(8-10-13)15(16)17/h3-10H,1-2H3,(H3,16,17). The number of amidine groups is 1. The average molecular weight is 239 g/mol. The molecule has 2 aromatic rings. The van der Waals surface area contributed by atoms with E-state index in [4.69, 9.17) is 11.1 Å². The van der Waals surface area contributed by atoms with Gasteiger partial charge in [-0.05, 0) is 42.8 Å². The van der Waals surface area contributed by atoms with Crippen molar-refractivity contribution in [3.63, 3.8) is 0 Å². The second kappa shape index (κ2) is 4.92. The highest BCUT2D eigenvalue weighted by Crippen LogP contribution is 2.26. The van der Waals surface area contributed by atoms with E-state index in [9.17, 15) is 0 Å². The molecule has 0 saturated heterocycles. The first kappa shape index (κ1) is 12.2. The molecule has 92 valence electrons. The summed E-state index contributed by atoms with van der Waals surface area (Å²) in [6.07, 6.45) is 0. The molecule has 0 aliphatic rings. The van der Waals surface area contributed by atoms with Gasteiger partial charge in [0.15, 0.2) is 0 Å². The third kappa shape index (κ3) is 2.35. The van der Waals surface area contributed by atoms with E-state index in [1.807, 2.05) is 43.4 Å². The van der Waals surface area contributed by atoms with E-state index >= 15 is 0 Å². The highest BCUT2D eigenvalue weighted by molar-refractivity contribution is 5.95. The van der Waals surface area contributed by atoms with Gasteiger partial charge in [0.2, 0.25) is 0 Å². The minimum Gasteiger partial charge on any atom is -0.384 e. The van der Waals surface area contributed by atoms with Crippen molar-refractivity contribution >= 4 is 17.2 Å². The van der Waals surface area contributed by atoms with E-state index in [1.54, 1.807) is 0 Å². The summed E-state index contributed by atoms with van der Waals surface area (Å²) in [5, 5.41) is 7.38. The number of para-hydroxylation sites is 1. The van der Waals surface area contributed by atoms with Crippen LogP contribution in [0.25, 0.3) is 0 Å². The first-order chi connectivity index (χ1) is 8.59. The molecule has 0 heterocycles. The van der Waals surface area contributed by atoms with Crippen molar-refractivity contribution in [3.8, 4) is 0 Å². The Balaban J connectivity index is 2.32. The smallest absolute Gasteiger partial charge is 0.122 e. The highest BCUT2D eigenvalue weighted by Gasteiger charge is 2.06. The number of anilines is 2. The van der Waals surface area contributed by atoms with Crippen LogP contribution in [0.3, 0.4) is 0 Å². The van der Waals surface area contributed by atoms with Crippen LogP contribution in [0.4, 0.5) is 11.4 Å². The molecule has 0 unspecified atom stereocenters. The summed E-state index contributed by atoms with van der Waals surface area (Å²) in [6.45, 7) is 2.09. The molecule has 3 heteroatoms. The SMILES string of the molecule is Cc1ccccc1N(C)c1ccc(C(=N)N)cc1. The fraction of sp³-hybridized carbons (Fsp3) is 0.133. The van der Waals surface area contributed by atoms with E-state index in [1.165, 1.54) is 11.3 Å². The van der Waals surface area contributed by atoms with Gasteiger partial charge >= 0.3 is 0 Å². The average Bonchev–Trinajstić information content (AvgIpc) is 2.38. The Bertz CT molecular complexity index is 558.